The van der Waals surface area contributed by atoms with Gasteiger partial charge in [0.2, 0.25) is 5.91 Å². The largest absolute Gasteiger partial charge is 0.416 e. The van der Waals surface area contributed by atoms with E-state index in [4.69, 9.17) is 0 Å². The second-order valence-corrected chi connectivity index (χ2v) is 7.96. The van der Waals surface area contributed by atoms with Gasteiger partial charge >= 0.3 is 6.18 Å². The maximum absolute atomic E-state index is 12.8. The Morgan fingerprint density at radius 2 is 1.85 bits per heavy atom. The Morgan fingerprint density at radius 1 is 1.11 bits per heavy atom. The van der Waals surface area contributed by atoms with Crippen molar-refractivity contribution in [1.82, 2.24) is 0 Å². The number of sulfonamides is 1. The Balaban J connectivity index is 1.86. The van der Waals surface area contributed by atoms with E-state index in [0.29, 0.717) is 30.3 Å². The second-order valence-electron chi connectivity index (χ2n) is 6.28. The smallest absolute Gasteiger partial charge is 0.312 e. The van der Waals surface area contributed by atoms with Crippen LogP contribution in [0.25, 0.3) is 0 Å². The van der Waals surface area contributed by atoms with E-state index in [1.165, 1.54) is 6.07 Å². The third-order valence-corrected chi connectivity index (χ3v) is 5.66. The van der Waals surface area contributed by atoms with Crippen LogP contribution in [0.1, 0.15) is 24.0 Å². The van der Waals surface area contributed by atoms with E-state index in [-0.39, 0.29) is 11.6 Å². The maximum atomic E-state index is 12.8. The zero-order valence-electron chi connectivity index (χ0n) is 14.4. The summed E-state index contributed by atoms with van der Waals surface area (Å²) in [5.41, 5.74) is 0.554. The number of halogens is 3. The molecular formula is C18H17F3N2O3S. The van der Waals surface area contributed by atoms with Crippen LogP contribution in [0.4, 0.5) is 24.5 Å². The van der Waals surface area contributed by atoms with Crippen molar-refractivity contribution in [3.8, 4) is 0 Å². The van der Waals surface area contributed by atoms with E-state index in [1.54, 1.807) is 24.0 Å². The molecule has 1 amide bonds. The number of nitrogens with zero attached hydrogens (tertiary/aromatic N) is 1. The Morgan fingerprint density at radius 3 is 2.44 bits per heavy atom. The van der Waals surface area contributed by atoms with Gasteiger partial charge in [-0.3, -0.25) is 9.52 Å². The molecule has 1 N–H and O–H groups in total. The average molecular weight is 398 g/mol. The van der Waals surface area contributed by atoms with Gasteiger partial charge < -0.3 is 4.90 Å². The van der Waals surface area contributed by atoms with Crippen LogP contribution in [0.5, 0.6) is 0 Å². The van der Waals surface area contributed by atoms with Gasteiger partial charge in [0.15, 0.2) is 0 Å². The van der Waals surface area contributed by atoms with Crippen LogP contribution >= 0.6 is 0 Å². The number of hydrogen-bond donors (Lipinski definition) is 1. The number of alkyl halides is 3. The zero-order valence-corrected chi connectivity index (χ0v) is 15.2. The van der Waals surface area contributed by atoms with E-state index in [1.807, 2.05) is 0 Å². The lowest BCUT2D eigenvalue weighted by Crippen LogP contribution is -2.24. The molecule has 5 nitrogen and oxygen atoms in total. The summed E-state index contributed by atoms with van der Waals surface area (Å²) in [5, 5.41) is 0. The summed E-state index contributed by atoms with van der Waals surface area (Å²) in [5.74, 6) is 0.00963. The van der Waals surface area contributed by atoms with Gasteiger partial charge in [-0.15, -0.1) is 0 Å². The molecule has 0 atom stereocenters. The standard InChI is InChI=1S/C18H17F3N2O3S/c1-12-10-14(7-8-16(12)23-9-3-6-17(23)24)22-27(25,26)15-5-2-4-13(11-15)18(19,20)21/h2,4-5,7-8,10-11,22H,3,6,9H2,1H3. The number of benzene rings is 2. The molecule has 1 aliphatic heterocycles. The predicted molar refractivity (Wildman–Crippen MR) is 95.0 cm³/mol. The number of aryl methyl sites for hydroxylation is 1. The summed E-state index contributed by atoms with van der Waals surface area (Å²) in [4.78, 5) is 13.0. The van der Waals surface area contributed by atoms with Crippen LogP contribution in [0.15, 0.2) is 47.4 Å². The number of rotatable bonds is 4. The molecule has 0 aliphatic carbocycles. The normalized spacial score (nSPS) is 15.3. The lowest BCUT2D eigenvalue weighted by Gasteiger charge is -2.19. The molecular weight excluding hydrogens is 381 g/mol. The molecule has 2 aromatic carbocycles. The van der Waals surface area contributed by atoms with Crippen molar-refractivity contribution < 1.29 is 26.4 Å². The molecule has 0 spiro atoms. The number of nitrogens with one attached hydrogen (secondary N) is 1. The van der Waals surface area contributed by atoms with Crippen molar-refractivity contribution in [3.63, 3.8) is 0 Å². The fourth-order valence-electron chi connectivity index (χ4n) is 2.98. The van der Waals surface area contributed by atoms with Crippen molar-refractivity contribution in [1.29, 1.82) is 0 Å². The lowest BCUT2D eigenvalue weighted by atomic mass is 10.1. The lowest BCUT2D eigenvalue weighted by molar-refractivity contribution is -0.137. The van der Waals surface area contributed by atoms with Gasteiger partial charge in [0.05, 0.1) is 10.5 Å². The first-order valence-corrected chi connectivity index (χ1v) is 9.67. The third-order valence-electron chi connectivity index (χ3n) is 4.28. The topological polar surface area (TPSA) is 66.5 Å². The van der Waals surface area contributed by atoms with Gasteiger partial charge in [0, 0.05) is 24.3 Å². The van der Waals surface area contributed by atoms with E-state index in [9.17, 15) is 26.4 Å². The number of anilines is 2. The summed E-state index contributed by atoms with van der Waals surface area (Å²) < 4.78 is 65.6. The molecule has 9 heteroatoms. The molecule has 1 heterocycles. The van der Waals surface area contributed by atoms with E-state index in [0.717, 1.165) is 24.6 Å². The van der Waals surface area contributed by atoms with Crippen LogP contribution in [0, 0.1) is 6.92 Å². The van der Waals surface area contributed by atoms with Crippen molar-refractivity contribution in [2.45, 2.75) is 30.8 Å². The van der Waals surface area contributed by atoms with Crippen LogP contribution < -0.4 is 9.62 Å². The first-order chi connectivity index (χ1) is 12.6. The summed E-state index contributed by atoms with van der Waals surface area (Å²) >= 11 is 0. The van der Waals surface area contributed by atoms with E-state index in [2.05, 4.69) is 4.72 Å². The molecule has 0 saturated carbocycles. The van der Waals surface area contributed by atoms with Crippen LogP contribution in [-0.2, 0) is 21.0 Å². The first-order valence-electron chi connectivity index (χ1n) is 8.19. The molecule has 0 bridgehead atoms. The van der Waals surface area contributed by atoms with Crippen molar-refractivity contribution in [2.24, 2.45) is 0 Å². The van der Waals surface area contributed by atoms with Crippen molar-refractivity contribution >= 4 is 27.3 Å². The molecule has 0 radical (unpaired) electrons. The molecule has 144 valence electrons. The van der Waals surface area contributed by atoms with Gasteiger partial charge in [-0.05, 0) is 55.3 Å². The van der Waals surface area contributed by atoms with Crippen molar-refractivity contribution in [3.05, 3.63) is 53.6 Å². The second kappa shape index (κ2) is 6.88. The number of carbonyl (C=O) groups is 1. The highest BCUT2D eigenvalue weighted by Crippen LogP contribution is 2.32. The molecule has 1 aliphatic rings. The first kappa shape index (κ1) is 19.2. The van der Waals surface area contributed by atoms with E-state index < -0.39 is 26.7 Å². The van der Waals surface area contributed by atoms with Gasteiger partial charge in [0.1, 0.15) is 0 Å². The van der Waals surface area contributed by atoms with Crippen LogP contribution in [-0.4, -0.2) is 20.9 Å². The fourth-order valence-corrected chi connectivity index (χ4v) is 4.07. The van der Waals surface area contributed by atoms with E-state index >= 15 is 0 Å². The highest BCUT2D eigenvalue weighted by Gasteiger charge is 2.31. The van der Waals surface area contributed by atoms with Crippen LogP contribution in [0.3, 0.4) is 0 Å². The Hall–Kier alpha value is -2.55. The number of carbonyl (C=O) groups excluding carboxylic acids is 1. The Kier molecular flexibility index (Phi) is 4.90. The monoisotopic (exact) mass is 398 g/mol. The Labute approximate surface area is 154 Å². The minimum Gasteiger partial charge on any atom is -0.312 e. The Bertz CT molecular complexity index is 988. The summed E-state index contributed by atoms with van der Waals surface area (Å²) in [6, 6.07) is 8.21. The zero-order chi connectivity index (χ0) is 19.8. The minimum atomic E-state index is -4.63. The summed E-state index contributed by atoms with van der Waals surface area (Å²) in [6.45, 7) is 2.35. The highest BCUT2D eigenvalue weighted by molar-refractivity contribution is 7.92. The predicted octanol–water partition coefficient (Wildman–Crippen LogP) is 3.94. The summed E-state index contributed by atoms with van der Waals surface area (Å²) in [6.07, 6.45) is -3.39. The summed E-state index contributed by atoms with van der Waals surface area (Å²) in [7, 11) is -4.19. The molecule has 1 fully saturated rings. The molecule has 3 rings (SSSR count). The van der Waals surface area contributed by atoms with Gasteiger partial charge in [0.25, 0.3) is 10.0 Å². The molecule has 1 saturated heterocycles. The quantitative estimate of drug-likeness (QED) is 0.848. The number of hydrogen-bond acceptors (Lipinski definition) is 3. The average Bonchev–Trinajstić information content (AvgIpc) is 3.00. The van der Waals surface area contributed by atoms with Gasteiger partial charge in [-0.1, -0.05) is 6.07 Å². The fraction of sp³-hybridized carbons (Fsp3) is 0.278. The third kappa shape index (κ3) is 4.08. The number of amides is 1. The van der Waals surface area contributed by atoms with Gasteiger partial charge in [-0.25, -0.2) is 8.42 Å². The molecule has 0 aromatic heterocycles. The maximum Gasteiger partial charge on any atom is 0.416 e. The molecule has 27 heavy (non-hydrogen) atoms. The van der Waals surface area contributed by atoms with Crippen LogP contribution in [0.2, 0.25) is 0 Å². The highest BCUT2D eigenvalue weighted by atomic mass is 32.2. The minimum absolute atomic E-state index is 0.00963. The van der Waals surface area contributed by atoms with Crippen molar-refractivity contribution in [2.75, 3.05) is 16.2 Å². The SMILES string of the molecule is Cc1cc(NS(=O)(=O)c2cccc(C(F)(F)F)c2)ccc1N1CCCC1=O. The van der Waals surface area contributed by atoms with Gasteiger partial charge in [-0.2, -0.15) is 13.2 Å². The molecule has 2 aromatic rings. The molecule has 0 unspecified atom stereocenters.